The Morgan fingerprint density at radius 1 is 1.40 bits per heavy atom. The van der Waals surface area contributed by atoms with Crippen molar-refractivity contribution in [2.45, 2.75) is 51.7 Å². The Balaban J connectivity index is 2.19. The molecule has 3 heteroatoms. The van der Waals surface area contributed by atoms with Gasteiger partial charge in [-0.15, -0.1) is 0 Å². The normalized spacial score (nSPS) is 21.7. The third-order valence-corrected chi connectivity index (χ3v) is 4.55. The van der Waals surface area contributed by atoms with Gasteiger partial charge < -0.3 is 10.1 Å². The lowest BCUT2D eigenvalue weighted by Crippen LogP contribution is -2.36. The van der Waals surface area contributed by atoms with Crippen LogP contribution in [0.3, 0.4) is 0 Å². The fourth-order valence-corrected chi connectivity index (χ4v) is 2.97. The highest BCUT2D eigenvalue weighted by molar-refractivity contribution is 5.38. The van der Waals surface area contributed by atoms with Crippen molar-refractivity contribution in [2.24, 2.45) is 0 Å². The first-order valence-electron chi connectivity index (χ1n) is 7.73. The van der Waals surface area contributed by atoms with Gasteiger partial charge in [-0.3, -0.25) is 4.90 Å². The Morgan fingerprint density at radius 3 is 2.85 bits per heavy atom. The molecule has 1 aliphatic heterocycles. The first kappa shape index (κ1) is 15.3. The molecule has 2 unspecified atom stereocenters. The van der Waals surface area contributed by atoms with E-state index in [-0.39, 0.29) is 0 Å². The quantitative estimate of drug-likeness (QED) is 0.892. The lowest BCUT2D eigenvalue weighted by Gasteiger charge is -2.33. The molecule has 0 bridgehead atoms. The number of nitrogens with zero attached hydrogens (tertiary/aromatic N) is 1. The summed E-state index contributed by atoms with van der Waals surface area (Å²) < 4.78 is 5.54. The van der Waals surface area contributed by atoms with Crippen LogP contribution in [-0.2, 0) is 6.54 Å². The number of benzene rings is 1. The van der Waals surface area contributed by atoms with Crippen molar-refractivity contribution < 1.29 is 4.74 Å². The highest BCUT2D eigenvalue weighted by atomic mass is 16.5. The van der Waals surface area contributed by atoms with Gasteiger partial charge in [0, 0.05) is 24.2 Å². The van der Waals surface area contributed by atoms with Crippen LogP contribution in [0.4, 0.5) is 0 Å². The van der Waals surface area contributed by atoms with Crippen molar-refractivity contribution in [3.63, 3.8) is 0 Å². The van der Waals surface area contributed by atoms with Gasteiger partial charge in [0.15, 0.2) is 0 Å². The molecule has 0 radical (unpaired) electrons. The minimum atomic E-state index is 0.374. The summed E-state index contributed by atoms with van der Waals surface area (Å²) >= 11 is 0. The van der Waals surface area contributed by atoms with E-state index in [1.807, 2.05) is 7.05 Å². The highest BCUT2D eigenvalue weighted by Gasteiger charge is 2.20. The molecule has 1 saturated heterocycles. The molecule has 112 valence electrons. The standard InChI is InChI=1S/C17H28N2O/c1-13-7-5-6-10-19(13)12-16-11-15(14(2)18-3)8-9-17(16)20-4/h8-9,11,13-14,18H,5-7,10,12H2,1-4H3. The van der Waals surface area contributed by atoms with Crippen LogP contribution in [0.1, 0.15) is 50.3 Å². The Morgan fingerprint density at radius 2 is 2.20 bits per heavy atom. The molecule has 0 amide bonds. The summed E-state index contributed by atoms with van der Waals surface area (Å²) in [6.07, 6.45) is 4.00. The van der Waals surface area contributed by atoms with Crippen molar-refractivity contribution in [1.82, 2.24) is 10.2 Å². The molecule has 2 atom stereocenters. The highest BCUT2D eigenvalue weighted by Crippen LogP contribution is 2.27. The lowest BCUT2D eigenvalue weighted by atomic mass is 10.0. The SMILES string of the molecule is CNC(C)c1ccc(OC)c(CN2CCCCC2C)c1. The molecule has 0 spiro atoms. The third-order valence-electron chi connectivity index (χ3n) is 4.55. The minimum absolute atomic E-state index is 0.374. The molecule has 1 fully saturated rings. The van der Waals surface area contributed by atoms with Gasteiger partial charge in [-0.05, 0) is 58.0 Å². The molecule has 3 nitrogen and oxygen atoms in total. The van der Waals surface area contributed by atoms with Crippen LogP contribution in [0.2, 0.25) is 0 Å². The van der Waals surface area contributed by atoms with Crippen LogP contribution < -0.4 is 10.1 Å². The molecule has 20 heavy (non-hydrogen) atoms. The van der Waals surface area contributed by atoms with E-state index in [0.717, 1.165) is 12.3 Å². The summed E-state index contributed by atoms with van der Waals surface area (Å²) in [5.74, 6) is 1.01. The maximum Gasteiger partial charge on any atom is 0.123 e. The van der Waals surface area contributed by atoms with Gasteiger partial charge >= 0.3 is 0 Å². The van der Waals surface area contributed by atoms with E-state index in [4.69, 9.17) is 4.74 Å². The predicted octanol–water partition coefficient (Wildman–Crippen LogP) is 3.35. The molecule has 1 heterocycles. The Bertz CT molecular complexity index is 433. The lowest BCUT2D eigenvalue weighted by molar-refractivity contribution is 0.151. The average Bonchev–Trinajstić information content (AvgIpc) is 2.48. The fraction of sp³-hybridized carbons (Fsp3) is 0.647. The number of nitrogens with one attached hydrogen (secondary N) is 1. The number of ether oxygens (including phenoxy) is 1. The van der Waals surface area contributed by atoms with Crippen molar-refractivity contribution in [3.8, 4) is 5.75 Å². The zero-order valence-electron chi connectivity index (χ0n) is 13.3. The number of hydrogen-bond donors (Lipinski definition) is 1. The summed E-state index contributed by atoms with van der Waals surface area (Å²) in [5.41, 5.74) is 2.63. The molecule has 1 aromatic carbocycles. The first-order valence-corrected chi connectivity index (χ1v) is 7.73. The van der Waals surface area contributed by atoms with Gasteiger partial charge in [0.1, 0.15) is 5.75 Å². The Labute approximate surface area is 123 Å². The number of rotatable bonds is 5. The third kappa shape index (κ3) is 3.53. The molecule has 1 aromatic rings. The van der Waals surface area contributed by atoms with Crippen LogP contribution in [0, 0.1) is 0 Å². The van der Waals surface area contributed by atoms with Crippen LogP contribution in [0.15, 0.2) is 18.2 Å². The van der Waals surface area contributed by atoms with E-state index >= 15 is 0 Å². The van der Waals surface area contributed by atoms with Gasteiger partial charge in [0.2, 0.25) is 0 Å². The second-order valence-corrected chi connectivity index (χ2v) is 5.90. The number of likely N-dealkylation sites (tertiary alicyclic amines) is 1. The second-order valence-electron chi connectivity index (χ2n) is 5.90. The second kappa shape index (κ2) is 7.09. The van der Waals surface area contributed by atoms with E-state index < -0.39 is 0 Å². The largest absolute Gasteiger partial charge is 0.496 e. The van der Waals surface area contributed by atoms with Gasteiger partial charge in [-0.1, -0.05) is 12.5 Å². The molecule has 0 aliphatic carbocycles. The van der Waals surface area contributed by atoms with Gasteiger partial charge in [-0.25, -0.2) is 0 Å². The maximum absolute atomic E-state index is 5.54. The van der Waals surface area contributed by atoms with E-state index in [2.05, 4.69) is 42.3 Å². The number of methoxy groups -OCH3 is 1. The van der Waals surface area contributed by atoms with Crippen LogP contribution >= 0.6 is 0 Å². The summed E-state index contributed by atoms with van der Waals surface area (Å²) in [7, 11) is 3.76. The molecular weight excluding hydrogens is 248 g/mol. The zero-order valence-corrected chi connectivity index (χ0v) is 13.3. The molecule has 0 aromatic heterocycles. The van der Waals surface area contributed by atoms with Crippen molar-refractivity contribution in [1.29, 1.82) is 0 Å². The Hall–Kier alpha value is -1.06. The van der Waals surface area contributed by atoms with Gasteiger partial charge in [0.05, 0.1) is 7.11 Å². The van der Waals surface area contributed by atoms with Crippen LogP contribution in [0.5, 0.6) is 5.75 Å². The minimum Gasteiger partial charge on any atom is -0.496 e. The molecule has 2 rings (SSSR count). The van der Waals surface area contributed by atoms with Gasteiger partial charge in [-0.2, -0.15) is 0 Å². The smallest absolute Gasteiger partial charge is 0.123 e. The van der Waals surface area contributed by atoms with Crippen LogP contribution in [-0.4, -0.2) is 31.6 Å². The summed E-state index contributed by atoms with van der Waals surface area (Å²) in [6, 6.07) is 7.61. The summed E-state index contributed by atoms with van der Waals surface area (Å²) in [5, 5.41) is 3.30. The molecular formula is C17H28N2O. The van der Waals surface area contributed by atoms with Gasteiger partial charge in [0.25, 0.3) is 0 Å². The molecule has 1 aliphatic rings. The maximum atomic E-state index is 5.54. The number of piperidine rings is 1. The van der Waals surface area contributed by atoms with Crippen molar-refractivity contribution in [2.75, 3.05) is 20.7 Å². The Kier molecular flexibility index (Phi) is 5.44. The van der Waals surface area contributed by atoms with E-state index in [1.165, 1.54) is 36.9 Å². The fourth-order valence-electron chi connectivity index (χ4n) is 2.97. The van der Waals surface area contributed by atoms with Crippen molar-refractivity contribution in [3.05, 3.63) is 29.3 Å². The summed E-state index contributed by atoms with van der Waals surface area (Å²) in [6.45, 7) is 6.73. The molecule has 0 saturated carbocycles. The zero-order chi connectivity index (χ0) is 14.5. The average molecular weight is 276 g/mol. The van der Waals surface area contributed by atoms with Crippen molar-refractivity contribution >= 4 is 0 Å². The first-order chi connectivity index (χ1) is 9.65. The molecule has 1 N–H and O–H groups in total. The predicted molar refractivity (Wildman–Crippen MR) is 84.2 cm³/mol. The van der Waals surface area contributed by atoms with Crippen LogP contribution in [0.25, 0.3) is 0 Å². The van der Waals surface area contributed by atoms with E-state index in [9.17, 15) is 0 Å². The van der Waals surface area contributed by atoms with E-state index in [0.29, 0.717) is 12.1 Å². The summed E-state index contributed by atoms with van der Waals surface area (Å²) in [4.78, 5) is 2.58. The topological polar surface area (TPSA) is 24.5 Å². The monoisotopic (exact) mass is 276 g/mol. The number of hydrogen-bond acceptors (Lipinski definition) is 3. The van der Waals surface area contributed by atoms with E-state index in [1.54, 1.807) is 7.11 Å².